The molecule has 0 unspecified atom stereocenters. The molecule has 2 atom stereocenters. The van der Waals surface area contributed by atoms with Crippen LogP contribution in [0.1, 0.15) is 33.9 Å². The Hall–Kier alpha value is -2.25. The molecule has 6 nitrogen and oxygen atoms in total. The van der Waals surface area contributed by atoms with E-state index in [1.54, 1.807) is 5.38 Å². The van der Waals surface area contributed by atoms with Crippen LogP contribution < -0.4 is 0 Å². The smallest absolute Gasteiger partial charge is 0.328 e. The zero-order chi connectivity index (χ0) is 17.8. The van der Waals surface area contributed by atoms with E-state index in [4.69, 9.17) is 4.74 Å². The Kier molecular flexibility index (Phi) is 5.45. The fraction of sp³-hybridized carbons (Fsp3) is 0.389. The highest BCUT2D eigenvalue weighted by Crippen LogP contribution is 2.23. The molecular weight excluding hydrogens is 340 g/mol. The second-order valence-electron chi connectivity index (χ2n) is 6.00. The van der Waals surface area contributed by atoms with Gasteiger partial charge in [0.05, 0.1) is 18.2 Å². The number of benzene rings is 1. The topological polar surface area (TPSA) is 79.7 Å². The first-order valence-electron chi connectivity index (χ1n) is 8.13. The average molecular weight is 360 g/mol. The van der Waals surface area contributed by atoms with Gasteiger partial charge in [0, 0.05) is 24.8 Å². The number of carbonyl (C=O) groups is 2. The van der Waals surface area contributed by atoms with E-state index in [2.05, 4.69) is 4.98 Å². The number of carbonyl (C=O) groups excluding carboxylic acids is 2. The number of hydrogen-bond donors (Lipinski definition) is 1. The molecule has 25 heavy (non-hydrogen) atoms. The fourth-order valence-corrected chi connectivity index (χ4v) is 3.76. The SMILES string of the molecule is COC(=O)[C@H]1C[C@@H](O)CCN1C(=O)c1csc(Cc2ccccc2)n1. The van der Waals surface area contributed by atoms with E-state index in [1.165, 1.54) is 23.3 Å². The van der Waals surface area contributed by atoms with Crippen molar-refractivity contribution in [2.75, 3.05) is 13.7 Å². The number of methoxy groups -OCH3 is 1. The zero-order valence-corrected chi connectivity index (χ0v) is 14.7. The van der Waals surface area contributed by atoms with Crippen LogP contribution in [0, 0.1) is 0 Å². The monoisotopic (exact) mass is 360 g/mol. The first-order valence-corrected chi connectivity index (χ1v) is 9.01. The molecule has 132 valence electrons. The van der Waals surface area contributed by atoms with Crippen molar-refractivity contribution in [1.29, 1.82) is 0 Å². The summed E-state index contributed by atoms with van der Waals surface area (Å²) in [6.45, 7) is 0.311. The van der Waals surface area contributed by atoms with Crippen molar-refractivity contribution in [3.63, 3.8) is 0 Å². The van der Waals surface area contributed by atoms with E-state index in [1.807, 2.05) is 30.3 Å². The first-order chi connectivity index (χ1) is 12.1. The van der Waals surface area contributed by atoms with Gasteiger partial charge in [-0.05, 0) is 12.0 Å². The maximum absolute atomic E-state index is 12.8. The van der Waals surface area contributed by atoms with Crippen LogP contribution in [0.2, 0.25) is 0 Å². The first kappa shape index (κ1) is 17.6. The minimum atomic E-state index is -0.763. The van der Waals surface area contributed by atoms with Crippen LogP contribution >= 0.6 is 11.3 Å². The molecule has 1 aliphatic heterocycles. The number of nitrogens with zero attached hydrogens (tertiary/aromatic N) is 2. The molecule has 2 aromatic rings. The van der Waals surface area contributed by atoms with Gasteiger partial charge in [-0.15, -0.1) is 11.3 Å². The van der Waals surface area contributed by atoms with Gasteiger partial charge in [-0.1, -0.05) is 30.3 Å². The van der Waals surface area contributed by atoms with Gasteiger partial charge in [0.2, 0.25) is 0 Å². The van der Waals surface area contributed by atoms with E-state index in [0.29, 0.717) is 25.1 Å². The summed E-state index contributed by atoms with van der Waals surface area (Å²) < 4.78 is 4.78. The number of aliphatic hydroxyl groups is 1. The highest BCUT2D eigenvalue weighted by molar-refractivity contribution is 7.09. The molecular formula is C18H20N2O4S. The van der Waals surface area contributed by atoms with Crippen molar-refractivity contribution in [3.05, 3.63) is 52.0 Å². The third kappa shape index (κ3) is 4.05. The van der Waals surface area contributed by atoms with Crippen LogP contribution in [-0.2, 0) is 16.0 Å². The van der Waals surface area contributed by atoms with Crippen LogP contribution in [0.5, 0.6) is 0 Å². The van der Waals surface area contributed by atoms with E-state index in [0.717, 1.165) is 10.6 Å². The molecule has 0 spiro atoms. The Morgan fingerprint density at radius 2 is 2.12 bits per heavy atom. The Morgan fingerprint density at radius 1 is 1.36 bits per heavy atom. The van der Waals surface area contributed by atoms with Crippen LogP contribution in [0.25, 0.3) is 0 Å². The van der Waals surface area contributed by atoms with Gasteiger partial charge in [0.1, 0.15) is 11.7 Å². The number of esters is 1. The molecule has 1 N–H and O–H groups in total. The molecule has 1 saturated heterocycles. The number of ether oxygens (including phenoxy) is 1. The lowest BCUT2D eigenvalue weighted by atomic mass is 9.99. The third-order valence-electron chi connectivity index (χ3n) is 4.28. The number of thiazole rings is 1. The molecule has 7 heteroatoms. The minimum Gasteiger partial charge on any atom is -0.467 e. The molecule has 0 bridgehead atoms. The Labute approximate surface area is 150 Å². The number of aromatic nitrogens is 1. The summed E-state index contributed by atoms with van der Waals surface area (Å²) in [5.41, 5.74) is 1.46. The lowest BCUT2D eigenvalue weighted by molar-refractivity contribution is -0.148. The molecule has 2 heterocycles. The molecule has 3 rings (SSSR count). The number of hydrogen-bond acceptors (Lipinski definition) is 6. The number of aliphatic hydroxyl groups excluding tert-OH is 1. The highest BCUT2D eigenvalue weighted by atomic mass is 32.1. The van der Waals surface area contributed by atoms with Crippen molar-refractivity contribution in [2.45, 2.75) is 31.4 Å². The summed E-state index contributed by atoms with van der Waals surface area (Å²) >= 11 is 1.43. The summed E-state index contributed by atoms with van der Waals surface area (Å²) in [7, 11) is 1.28. The van der Waals surface area contributed by atoms with E-state index >= 15 is 0 Å². The number of likely N-dealkylation sites (tertiary alicyclic amines) is 1. The number of rotatable bonds is 4. The quantitative estimate of drug-likeness (QED) is 0.842. The Balaban J connectivity index is 1.74. The standard InChI is InChI=1S/C18H20N2O4S/c1-24-18(23)15-10-13(21)7-8-20(15)17(22)14-11-25-16(19-14)9-12-5-3-2-4-6-12/h2-6,11,13,15,21H,7-10H2,1H3/t13-,15+/m0/s1. The molecule has 1 aromatic carbocycles. The highest BCUT2D eigenvalue weighted by Gasteiger charge is 2.37. The van der Waals surface area contributed by atoms with Gasteiger partial charge in [0.15, 0.2) is 0 Å². The van der Waals surface area contributed by atoms with Crippen LogP contribution in [0.15, 0.2) is 35.7 Å². The van der Waals surface area contributed by atoms with Gasteiger partial charge in [-0.25, -0.2) is 9.78 Å². The Morgan fingerprint density at radius 3 is 2.84 bits per heavy atom. The van der Waals surface area contributed by atoms with Crippen molar-refractivity contribution in [2.24, 2.45) is 0 Å². The summed E-state index contributed by atoms with van der Waals surface area (Å²) in [5, 5.41) is 12.4. The maximum atomic E-state index is 12.8. The lowest BCUT2D eigenvalue weighted by Gasteiger charge is -2.35. The normalized spacial score (nSPS) is 20.3. The number of piperidine rings is 1. The molecule has 1 aromatic heterocycles. The van der Waals surface area contributed by atoms with Crippen LogP contribution in [0.3, 0.4) is 0 Å². The summed E-state index contributed by atoms with van der Waals surface area (Å²) in [5.74, 6) is -0.801. The molecule has 0 aliphatic carbocycles. The summed E-state index contributed by atoms with van der Waals surface area (Å²) in [4.78, 5) is 30.6. The predicted molar refractivity (Wildman–Crippen MR) is 93.4 cm³/mol. The van der Waals surface area contributed by atoms with E-state index in [-0.39, 0.29) is 12.3 Å². The van der Waals surface area contributed by atoms with Gasteiger partial charge in [-0.3, -0.25) is 4.79 Å². The molecule has 1 fully saturated rings. The Bertz CT molecular complexity index is 747. The second-order valence-corrected chi connectivity index (χ2v) is 6.95. The largest absolute Gasteiger partial charge is 0.467 e. The molecule has 0 radical (unpaired) electrons. The van der Waals surface area contributed by atoms with E-state index in [9.17, 15) is 14.7 Å². The van der Waals surface area contributed by atoms with Gasteiger partial charge < -0.3 is 14.7 Å². The zero-order valence-electron chi connectivity index (χ0n) is 13.9. The maximum Gasteiger partial charge on any atom is 0.328 e. The van der Waals surface area contributed by atoms with Crippen molar-refractivity contribution in [3.8, 4) is 0 Å². The summed E-state index contributed by atoms with van der Waals surface area (Å²) in [6, 6.07) is 9.16. The van der Waals surface area contributed by atoms with Crippen molar-refractivity contribution in [1.82, 2.24) is 9.88 Å². The molecule has 1 aliphatic rings. The van der Waals surface area contributed by atoms with Crippen LogP contribution in [-0.4, -0.2) is 52.7 Å². The van der Waals surface area contributed by atoms with Gasteiger partial charge in [-0.2, -0.15) is 0 Å². The lowest BCUT2D eigenvalue weighted by Crippen LogP contribution is -2.51. The predicted octanol–water partition coefficient (Wildman–Crippen LogP) is 1.87. The molecule has 1 amide bonds. The average Bonchev–Trinajstić information content (AvgIpc) is 3.09. The number of amides is 1. The van der Waals surface area contributed by atoms with Gasteiger partial charge >= 0.3 is 5.97 Å². The second kappa shape index (κ2) is 7.76. The fourth-order valence-electron chi connectivity index (χ4n) is 2.96. The van der Waals surface area contributed by atoms with Gasteiger partial charge in [0.25, 0.3) is 5.91 Å². The summed E-state index contributed by atoms with van der Waals surface area (Å²) in [6.07, 6.45) is 0.703. The van der Waals surface area contributed by atoms with Crippen molar-refractivity contribution >= 4 is 23.2 Å². The van der Waals surface area contributed by atoms with E-state index < -0.39 is 18.1 Å². The van der Waals surface area contributed by atoms with Crippen molar-refractivity contribution < 1.29 is 19.4 Å². The minimum absolute atomic E-state index is 0.194. The van der Waals surface area contributed by atoms with Crippen LogP contribution in [0.4, 0.5) is 0 Å². The third-order valence-corrected chi connectivity index (χ3v) is 5.13. The molecule has 0 saturated carbocycles.